The minimum absolute atomic E-state index is 0.316. The quantitative estimate of drug-likeness (QED) is 0.206. The Morgan fingerprint density at radius 3 is 1.79 bits per heavy atom. The van der Waals surface area contributed by atoms with Crippen molar-refractivity contribution in [2.75, 3.05) is 0 Å². The van der Waals surface area contributed by atoms with Crippen LogP contribution in [-0.2, 0) is 0 Å². The number of aromatic nitrogens is 1. The molecule has 0 fully saturated rings. The van der Waals surface area contributed by atoms with Crippen LogP contribution in [0.1, 0.15) is 23.1 Å². The van der Waals surface area contributed by atoms with Gasteiger partial charge in [-0.3, -0.25) is 0 Å². The highest BCUT2D eigenvalue weighted by Crippen LogP contribution is 2.50. The first-order valence-corrected chi connectivity index (χ1v) is 15.1. The third kappa shape index (κ3) is 3.86. The molecule has 1 aliphatic heterocycles. The predicted molar refractivity (Wildman–Crippen MR) is 181 cm³/mol. The summed E-state index contributed by atoms with van der Waals surface area (Å²) in [6.07, 6.45) is 7.24. The number of nitrogens with zero attached hydrogens (tertiary/aromatic N) is 1. The molecule has 43 heavy (non-hydrogen) atoms. The minimum atomic E-state index is 0.316. The fourth-order valence-corrected chi connectivity index (χ4v) is 7.28. The number of rotatable bonds is 4. The van der Waals surface area contributed by atoms with E-state index in [1.165, 1.54) is 71.9 Å². The van der Waals surface area contributed by atoms with E-state index in [1.807, 2.05) is 0 Å². The first-order valence-electron chi connectivity index (χ1n) is 15.1. The van der Waals surface area contributed by atoms with E-state index in [9.17, 15) is 0 Å². The minimum Gasteiger partial charge on any atom is -0.332 e. The van der Waals surface area contributed by atoms with E-state index in [0.29, 0.717) is 12.0 Å². The normalized spacial score (nSPS) is 16.9. The largest absolute Gasteiger partial charge is 0.332 e. The molecule has 1 aromatic heterocycles. The summed E-state index contributed by atoms with van der Waals surface area (Å²) in [6, 6.07) is 53.4. The molecule has 1 nitrogen and oxygen atoms in total. The van der Waals surface area contributed by atoms with Crippen molar-refractivity contribution in [3.8, 4) is 33.4 Å². The summed E-state index contributed by atoms with van der Waals surface area (Å²) in [6.45, 7) is 0. The molecule has 7 aromatic rings. The van der Waals surface area contributed by atoms with E-state index in [1.54, 1.807) is 0 Å². The van der Waals surface area contributed by atoms with Crippen LogP contribution in [0.25, 0.3) is 60.8 Å². The van der Waals surface area contributed by atoms with Gasteiger partial charge in [-0.1, -0.05) is 146 Å². The fraction of sp³-hybridized carbons (Fsp3) is 0.0476. The Bertz CT molecular complexity index is 2230. The maximum absolute atomic E-state index is 2.56. The fourth-order valence-electron chi connectivity index (χ4n) is 7.28. The highest BCUT2D eigenvalue weighted by Gasteiger charge is 2.35. The predicted octanol–water partition coefficient (Wildman–Crippen LogP) is 11.1. The number of benzene rings is 6. The molecule has 0 radical (unpaired) electrons. The van der Waals surface area contributed by atoms with Gasteiger partial charge in [-0.15, -0.1) is 0 Å². The van der Waals surface area contributed by atoms with Gasteiger partial charge in [-0.05, 0) is 68.3 Å². The highest BCUT2D eigenvalue weighted by molar-refractivity contribution is 6.10. The average Bonchev–Trinajstić information content (AvgIpc) is 3.61. The van der Waals surface area contributed by atoms with Gasteiger partial charge in [0.1, 0.15) is 0 Å². The van der Waals surface area contributed by atoms with Crippen LogP contribution in [0, 0.1) is 0 Å². The van der Waals surface area contributed by atoms with Crippen LogP contribution in [0.3, 0.4) is 0 Å². The smallest absolute Gasteiger partial charge is 0.0630 e. The van der Waals surface area contributed by atoms with Crippen molar-refractivity contribution in [2.24, 2.45) is 0 Å². The van der Waals surface area contributed by atoms with Gasteiger partial charge < -0.3 is 4.57 Å². The Labute approximate surface area is 251 Å². The zero-order valence-corrected chi connectivity index (χ0v) is 23.7. The number of para-hydroxylation sites is 2. The van der Waals surface area contributed by atoms with Crippen molar-refractivity contribution in [2.45, 2.75) is 12.0 Å². The van der Waals surface area contributed by atoms with Gasteiger partial charge in [0.05, 0.1) is 11.6 Å². The number of hydrogen-bond donors (Lipinski definition) is 0. The summed E-state index contributed by atoms with van der Waals surface area (Å²) < 4.78 is 2.56. The van der Waals surface area contributed by atoms with Gasteiger partial charge >= 0.3 is 0 Å². The molecule has 6 aromatic carbocycles. The van der Waals surface area contributed by atoms with Gasteiger partial charge in [-0.25, -0.2) is 0 Å². The molecule has 0 saturated heterocycles. The Balaban J connectivity index is 1.05. The lowest BCUT2D eigenvalue weighted by molar-refractivity contribution is 0.617. The Morgan fingerprint density at radius 1 is 0.442 bits per heavy atom. The Kier molecular flexibility index (Phi) is 5.39. The molecule has 0 bridgehead atoms. The van der Waals surface area contributed by atoms with Crippen LogP contribution < -0.4 is 0 Å². The van der Waals surface area contributed by atoms with Crippen molar-refractivity contribution in [3.05, 3.63) is 175 Å². The average molecular weight is 548 g/mol. The SMILES string of the molecule is C1=CC2C(C=C1c1cccc(-c3cccc(-c4ccc(-c5ccccc5)cc4)c3)c1)c1cccc3c4ccccc4n2c13. The van der Waals surface area contributed by atoms with Crippen LogP contribution >= 0.6 is 0 Å². The molecule has 202 valence electrons. The van der Waals surface area contributed by atoms with Crippen LogP contribution in [0.15, 0.2) is 164 Å². The summed E-state index contributed by atoms with van der Waals surface area (Å²) in [5.74, 6) is 0.342. The summed E-state index contributed by atoms with van der Waals surface area (Å²) in [7, 11) is 0. The van der Waals surface area contributed by atoms with Crippen molar-refractivity contribution in [3.63, 3.8) is 0 Å². The topological polar surface area (TPSA) is 4.93 Å². The van der Waals surface area contributed by atoms with Crippen molar-refractivity contribution >= 4 is 27.4 Å². The molecule has 0 N–H and O–H groups in total. The van der Waals surface area contributed by atoms with E-state index in [0.717, 1.165) is 0 Å². The van der Waals surface area contributed by atoms with E-state index in [-0.39, 0.29) is 0 Å². The number of hydrogen-bond acceptors (Lipinski definition) is 0. The monoisotopic (exact) mass is 547 g/mol. The van der Waals surface area contributed by atoms with Crippen LogP contribution in [0.5, 0.6) is 0 Å². The highest BCUT2D eigenvalue weighted by atomic mass is 15.0. The zero-order chi connectivity index (χ0) is 28.3. The maximum atomic E-state index is 2.56. The van der Waals surface area contributed by atoms with E-state index in [2.05, 4.69) is 168 Å². The molecule has 2 atom stereocenters. The molecule has 0 amide bonds. The molecule has 2 aliphatic rings. The van der Waals surface area contributed by atoms with Gasteiger partial charge in [0.25, 0.3) is 0 Å². The first kappa shape index (κ1) is 24.2. The maximum Gasteiger partial charge on any atom is 0.0630 e. The molecular formula is C42H29N. The van der Waals surface area contributed by atoms with Gasteiger partial charge in [0.2, 0.25) is 0 Å². The molecule has 0 spiro atoms. The van der Waals surface area contributed by atoms with Crippen molar-refractivity contribution in [1.82, 2.24) is 4.57 Å². The summed E-state index contributed by atoms with van der Waals surface area (Å²) >= 11 is 0. The molecule has 1 aliphatic carbocycles. The summed E-state index contributed by atoms with van der Waals surface area (Å²) in [5.41, 5.74) is 14.1. The molecule has 9 rings (SSSR count). The van der Waals surface area contributed by atoms with Gasteiger partial charge in [-0.2, -0.15) is 0 Å². The molecule has 2 unspecified atom stereocenters. The Morgan fingerprint density at radius 2 is 1.00 bits per heavy atom. The second-order valence-electron chi connectivity index (χ2n) is 11.7. The molecule has 0 saturated carbocycles. The second-order valence-corrected chi connectivity index (χ2v) is 11.7. The van der Waals surface area contributed by atoms with Crippen molar-refractivity contribution < 1.29 is 0 Å². The van der Waals surface area contributed by atoms with Gasteiger partial charge in [0, 0.05) is 22.2 Å². The molecular weight excluding hydrogens is 518 g/mol. The molecule has 2 heterocycles. The van der Waals surface area contributed by atoms with E-state index in [4.69, 9.17) is 0 Å². The van der Waals surface area contributed by atoms with Crippen LogP contribution in [-0.4, -0.2) is 4.57 Å². The van der Waals surface area contributed by atoms with E-state index >= 15 is 0 Å². The van der Waals surface area contributed by atoms with Gasteiger partial charge in [0.15, 0.2) is 0 Å². The number of allylic oxidation sites excluding steroid dienone is 4. The Hall–Kier alpha value is -5.40. The lowest BCUT2D eigenvalue weighted by Gasteiger charge is -2.23. The summed E-state index contributed by atoms with van der Waals surface area (Å²) in [5, 5.41) is 2.71. The zero-order valence-electron chi connectivity index (χ0n) is 23.7. The van der Waals surface area contributed by atoms with Crippen LogP contribution in [0.2, 0.25) is 0 Å². The van der Waals surface area contributed by atoms with Crippen LogP contribution in [0.4, 0.5) is 0 Å². The second kappa shape index (κ2) is 9.58. The lowest BCUT2D eigenvalue weighted by Crippen LogP contribution is -2.10. The third-order valence-electron chi connectivity index (χ3n) is 9.34. The van der Waals surface area contributed by atoms with Crippen molar-refractivity contribution in [1.29, 1.82) is 0 Å². The summed E-state index contributed by atoms with van der Waals surface area (Å²) in [4.78, 5) is 0. The standard InChI is InChI=1S/C42H29N/c1-2-9-28(10-3-1)29-19-21-30(22-20-29)31-11-6-12-32(25-31)33-13-7-14-34(26-33)35-23-24-41-39(27-35)38-17-8-16-37-36-15-4-5-18-40(36)43(41)42(37)38/h1-27,39,41H. The third-order valence-corrected chi connectivity index (χ3v) is 9.34. The first-order chi connectivity index (χ1) is 21.3. The number of fused-ring (bicyclic) bond motifs is 6. The lowest BCUT2D eigenvalue weighted by atomic mass is 9.85. The molecule has 1 heteroatoms. The van der Waals surface area contributed by atoms with E-state index < -0.39 is 0 Å².